The van der Waals surface area contributed by atoms with Crippen molar-refractivity contribution >= 4 is 23.6 Å². The zero-order chi connectivity index (χ0) is 18.5. The van der Waals surface area contributed by atoms with E-state index in [1.54, 1.807) is 16.7 Å². The lowest BCUT2D eigenvalue weighted by atomic mass is 9.94. The maximum atomic E-state index is 12.7. The Bertz CT molecular complexity index is 789. The Kier molecular flexibility index (Phi) is 4.11. The standard InChI is InChI=1S/C16H21N7O2S/c1-16(2)11(12-19-21-22-20-12)23-14(25)10(15(23)26-16)18-13(24)9(17)8-6-4-3-5-7-8/h3-4,7,9-11,15H,5-6,17H2,1-2H3,(H,18,24)(H,19,20,21,22)/t9-,10?,11?,15+/m0/s1. The number of aromatic nitrogens is 4. The molecule has 2 fully saturated rings. The van der Waals surface area contributed by atoms with Gasteiger partial charge in [-0.3, -0.25) is 9.59 Å². The molecule has 0 bridgehead atoms. The molecular weight excluding hydrogens is 354 g/mol. The third kappa shape index (κ3) is 2.64. The molecule has 0 spiro atoms. The van der Waals surface area contributed by atoms with Gasteiger partial charge in [-0.05, 0) is 32.3 Å². The first-order valence-electron chi connectivity index (χ1n) is 8.53. The largest absolute Gasteiger partial charge is 0.340 e. The summed E-state index contributed by atoms with van der Waals surface area (Å²) in [4.78, 5) is 27.0. The van der Waals surface area contributed by atoms with Gasteiger partial charge in [-0.2, -0.15) is 5.21 Å². The van der Waals surface area contributed by atoms with Gasteiger partial charge in [0, 0.05) is 4.75 Å². The highest BCUT2D eigenvalue weighted by molar-refractivity contribution is 8.01. The fourth-order valence-electron chi connectivity index (χ4n) is 3.73. The number of aromatic amines is 1. The van der Waals surface area contributed by atoms with Crippen LogP contribution in [0.15, 0.2) is 23.8 Å². The Labute approximate surface area is 154 Å². The second-order valence-electron chi connectivity index (χ2n) is 7.18. The van der Waals surface area contributed by atoms with Gasteiger partial charge in [0.25, 0.3) is 0 Å². The molecule has 138 valence electrons. The van der Waals surface area contributed by atoms with Gasteiger partial charge in [-0.25, -0.2) is 0 Å². The molecule has 1 aromatic heterocycles. The summed E-state index contributed by atoms with van der Waals surface area (Å²) >= 11 is 1.63. The number of hydrogen-bond donors (Lipinski definition) is 3. The number of β-lactam (4-membered cyclic amide) rings is 1. The molecule has 4 rings (SSSR count). The topological polar surface area (TPSA) is 130 Å². The number of carbonyl (C=O) groups is 2. The molecule has 1 aromatic rings. The highest BCUT2D eigenvalue weighted by Crippen LogP contribution is 2.56. The fourth-order valence-corrected chi connectivity index (χ4v) is 5.36. The van der Waals surface area contributed by atoms with Crippen LogP contribution in [0.25, 0.3) is 0 Å². The zero-order valence-corrected chi connectivity index (χ0v) is 15.4. The molecule has 2 aliphatic heterocycles. The van der Waals surface area contributed by atoms with Crippen molar-refractivity contribution < 1.29 is 9.59 Å². The van der Waals surface area contributed by atoms with E-state index in [9.17, 15) is 9.59 Å². The molecule has 26 heavy (non-hydrogen) atoms. The van der Waals surface area contributed by atoms with Crippen LogP contribution in [0, 0.1) is 0 Å². The van der Waals surface area contributed by atoms with Crippen LogP contribution in [0.5, 0.6) is 0 Å². The molecule has 2 saturated heterocycles. The van der Waals surface area contributed by atoms with Crippen LogP contribution in [-0.4, -0.2) is 59.5 Å². The van der Waals surface area contributed by atoms with Crippen LogP contribution in [0.4, 0.5) is 0 Å². The average molecular weight is 375 g/mol. The number of H-pyrrole nitrogens is 1. The monoisotopic (exact) mass is 375 g/mol. The van der Waals surface area contributed by atoms with Crippen molar-refractivity contribution in [3.8, 4) is 0 Å². The van der Waals surface area contributed by atoms with Crippen LogP contribution < -0.4 is 11.1 Å². The molecule has 10 heteroatoms. The smallest absolute Gasteiger partial charge is 0.249 e. The lowest BCUT2D eigenvalue weighted by Gasteiger charge is -2.44. The highest BCUT2D eigenvalue weighted by Gasteiger charge is 2.63. The molecule has 2 amide bonds. The van der Waals surface area contributed by atoms with E-state index in [2.05, 4.69) is 25.9 Å². The average Bonchev–Trinajstić information content (AvgIpc) is 3.23. The summed E-state index contributed by atoms with van der Waals surface area (Å²) in [6, 6.07) is -1.58. The Morgan fingerprint density at radius 3 is 2.96 bits per heavy atom. The molecular formula is C16H21N7O2S. The third-order valence-electron chi connectivity index (χ3n) is 5.06. The number of rotatable bonds is 4. The number of tetrazole rings is 1. The predicted octanol–water partition coefficient (Wildman–Crippen LogP) is 0.0230. The van der Waals surface area contributed by atoms with Crippen molar-refractivity contribution in [3.05, 3.63) is 29.6 Å². The highest BCUT2D eigenvalue weighted by atomic mass is 32.2. The van der Waals surface area contributed by atoms with Crippen molar-refractivity contribution in [2.24, 2.45) is 5.73 Å². The lowest BCUT2D eigenvalue weighted by molar-refractivity contribution is -0.151. The van der Waals surface area contributed by atoms with Gasteiger partial charge in [0.05, 0.1) is 0 Å². The van der Waals surface area contributed by atoms with Gasteiger partial charge < -0.3 is 16.0 Å². The van der Waals surface area contributed by atoms with E-state index < -0.39 is 12.1 Å². The maximum Gasteiger partial charge on any atom is 0.249 e. The summed E-state index contributed by atoms with van der Waals surface area (Å²) in [5, 5.41) is 16.8. The SMILES string of the molecule is CC1(C)S[C@@H]2C(NC(=O)[C@@H](N)C3=CCC=CC3)C(=O)N2C1c1nn[nH]n1. The molecule has 0 saturated carbocycles. The van der Waals surface area contributed by atoms with E-state index in [4.69, 9.17) is 5.73 Å². The van der Waals surface area contributed by atoms with Gasteiger partial charge in [-0.1, -0.05) is 23.4 Å². The third-order valence-corrected chi connectivity index (χ3v) is 6.63. The number of carbonyl (C=O) groups excluding carboxylic acids is 2. The lowest BCUT2D eigenvalue weighted by Crippen LogP contribution is -2.69. The Balaban J connectivity index is 1.47. The number of allylic oxidation sites excluding steroid dienone is 3. The minimum absolute atomic E-state index is 0.138. The number of amides is 2. The van der Waals surface area contributed by atoms with E-state index in [-0.39, 0.29) is 28.0 Å². The summed E-state index contributed by atoms with van der Waals surface area (Å²) < 4.78 is -0.289. The fraction of sp³-hybridized carbons (Fsp3) is 0.562. The number of nitrogens with two attached hydrogens (primary N) is 1. The van der Waals surface area contributed by atoms with E-state index in [0.29, 0.717) is 12.2 Å². The van der Waals surface area contributed by atoms with E-state index in [1.807, 2.05) is 32.1 Å². The second kappa shape index (κ2) is 6.20. The van der Waals surface area contributed by atoms with Crippen molar-refractivity contribution in [2.75, 3.05) is 0 Å². The van der Waals surface area contributed by atoms with Crippen molar-refractivity contribution in [2.45, 2.75) is 54.9 Å². The second-order valence-corrected chi connectivity index (χ2v) is 8.95. The van der Waals surface area contributed by atoms with Crippen LogP contribution in [-0.2, 0) is 9.59 Å². The van der Waals surface area contributed by atoms with E-state index in [0.717, 1.165) is 12.0 Å². The Hall–Kier alpha value is -2.20. The summed E-state index contributed by atoms with van der Waals surface area (Å²) in [6.45, 7) is 4.07. The van der Waals surface area contributed by atoms with Gasteiger partial charge >= 0.3 is 0 Å². The quantitative estimate of drug-likeness (QED) is 0.500. The normalized spacial score (nSPS) is 30.4. The first kappa shape index (κ1) is 17.2. The molecule has 4 atom stereocenters. The number of nitrogens with one attached hydrogen (secondary N) is 2. The molecule has 3 heterocycles. The van der Waals surface area contributed by atoms with Crippen molar-refractivity contribution in [1.82, 2.24) is 30.8 Å². The summed E-state index contributed by atoms with van der Waals surface area (Å²) in [6.07, 6.45) is 7.47. The molecule has 2 unspecified atom stereocenters. The summed E-state index contributed by atoms with van der Waals surface area (Å²) in [5.74, 6) is 0.0332. The van der Waals surface area contributed by atoms with Crippen LogP contribution in [0.3, 0.4) is 0 Å². The first-order chi connectivity index (χ1) is 12.4. The molecule has 0 radical (unpaired) electrons. The number of hydrogen-bond acceptors (Lipinski definition) is 7. The number of thioether (sulfide) groups is 1. The van der Waals surface area contributed by atoms with Gasteiger partial charge in [0.15, 0.2) is 5.82 Å². The number of nitrogens with zero attached hydrogens (tertiary/aromatic N) is 4. The summed E-state index contributed by atoms with van der Waals surface area (Å²) in [7, 11) is 0. The zero-order valence-electron chi connectivity index (χ0n) is 14.5. The Morgan fingerprint density at radius 1 is 1.50 bits per heavy atom. The minimum Gasteiger partial charge on any atom is -0.340 e. The molecule has 9 nitrogen and oxygen atoms in total. The van der Waals surface area contributed by atoms with Crippen molar-refractivity contribution in [1.29, 1.82) is 0 Å². The molecule has 0 aromatic carbocycles. The van der Waals surface area contributed by atoms with E-state index in [1.165, 1.54) is 0 Å². The van der Waals surface area contributed by atoms with Crippen LogP contribution >= 0.6 is 11.8 Å². The van der Waals surface area contributed by atoms with Crippen LogP contribution in [0.1, 0.15) is 38.6 Å². The molecule has 4 N–H and O–H groups in total. The predicted molar refractivity (Wildman–Crippen MR) is 95.6 cm³/mol. The Morgan fingerprint density at radius 2 is 2.31 bits per heavy atom. The van der Waals surface area contributed by atoms with Gasteiger partial charge in [-0.15, -0.1) is 22.0 Å². The summed E-state index contributed by atoms with van der Waals surface area (Å²) in [5.41, 5.74) is 6.97. The number of fused-ring (bicyclic) bond motifs is 1. The minimum atomic E-state index is -0.728. The van der Waals surface area contributed by atoms with E-state index >= 15 is 0 Å². The van der Waals surface area contributed by atoms with Gasteiger partial charge in [0.2, 0.25) is 11.8 Å². The van der Waals surface area contributed by atoms with Crippen molar-refractivity contribution in [3.63, 3.8) is 0 Å². The molecule has 3 aliphatic rings. The molecule has 1 aliphatic carbocycles. The first-order valence-corrected chi connectivity index (χ1v) is 9.41. The van der Waals surface area contributed by atoms with Gasteiger partial charge in [0.1, 0.15) is 23.5 Å². The maximum absolute atomic E-state index is 12.7. The van der Waals surface area contributed by atoms with Crippen LogP contribution in [0.2, 0.25) is 0 Å².